The fourth-order valence-corrected chi connectivity index (χ4v) is 8.45. The molecular weight excluding hydrogens is 1070 g/mol. The largest absolute Gasteiger partial charge is 0.479 e. The van der Waals surface area contributed by atoms with Gasteiger partial charge in [0, 0.05) is 19.3 Å². The number of allylic oxidation sites excluding steroid dienone is 28. The number of aliphatic hydroxyl groups excluding tert-OH is 2. The molecule has 12 heteroatoms. The van der Waals surface area contributed by atoms with E-state index < -0.39 is 73.9 Å². The van der Waals surface area contributed by atoms with Crippen LogP contribution in [0.5, 0.6) is 0 Å². The highest BCUT2D eigenvalue weighted by molar-refractivity contribution is 5.74. The summed E-state index contributed by atoms with van der Waals surface area (Å²) in [5.41, 5.74) is 0. The van der Waals surface area contributed by atoms with Crippen LogP contribution in [0.1, 0.15) is 213 Å². The first-order chi connectivity index (χ1) is 41.6. The lowest BCUT2D eigenvalue weighted by atomic mass is 9.98. The zero-order chi connectivity index (χ0) is 61.7. The summed E-state index contributed by atoms with van der Waals surface area (Å²) in [6.07, 6.45) is 74.8. The fourth-order valence-electron chi connectivity index (χ4n) is 8.45. The van der Waals surface area contributed by atoms with Gasteiger partial charge in [-0.2, -0.15) is 0 Å². The van der Waals surface area contributed by atoms with Crippen LogP contribution in [0.4, 0.5) is 0 Å². The average molecular weight is 1180 g/mol. The Morgan fingerprint density at radius 1 is 0.400 bits per heavy atom. The molecule has 1 heterocycles. The number of ether oxygens (including phenoxy) is 5. The van der Waals surface area contributed by atoms with Crippen LogP contribution in [0.15, 0.2) is 170 Å². The van der Waals surface area contributed by atoms with Crippen LogP contribution >= 0.6 is 0 Å². The van der Waals surface area contributed by atoms with E-state index in [9.17, 15) is 34.5 Å². The maximum absolute atomic E-state index is 13.2. The number of esters is 3. The van der Waals surface area contributed by atoms with E-state index in [0.29, 0.717) is 32.1 Å². The van der Waals surface area contributed by atoms with E-state index in [1.54, 1.807) is 0 Å². The standard InChI is InChI=1S/C73H110O12/c1-4-7-10-13-16-19-22-25-28-31-33-36-38-41-44-47-50-53-56-59-65(74)81-62-64(83-66(75)60-57-54-51-48-45-42-40-37-34-32-29-26-23-20-17-14-11-8-5-2)63-82-73-71(69(78)68(77)70(85-73)72(79)80)84-67(76)61-58-55-52-49-46-43-39-35-30-27-24-21-18-15-12-9-6-3/h7-8,10-11,16-21,25-30,33-34,36-37,41-42,44-45,50-51,53-54,64,68-71,73,77-78H,4-6,9,12-15,22-24,31-32,35,38-40,43,46-49,52,55-63H2,1-3H3,(H,79,80)/b10-7-,11-8-,19-16-,20-17-,21-18-,28-25-,29-26-,30-27-,36-33-,37-34-,44-41-,45-42-,53-50-,54-51-. The Hall–Kier alpha value is -5.92. The van der Waals surface area contributed by atoms with Crippen molar-refractivity contribution in [3.05, 3.63) is 170 Å². The lowest BCUT2D eigenvalue weighted by Crippen LogP contribution is -2.61. The summed E-state index contributed by atoms with van der Waals surface area (Å²) in [4.78, 5) is 51.3. The van der Waals surface area contributed by atoms with Gasteiger partial charge in [0.05, 0.1) is 6.61 Å². The van der Waals surface area contributed by atoms with Crippen molar-refractivity contribution in [3.8, 4) is 0 Å². The van der Waals surface area contributed by atoms with Gasteiger partial charge in [0.25, 0.3) is 0 Å². The minimum atomic E-state index is -1.94. The van der Waals surface area contributed by atoms with Gasteiger partial charge in [-0.3, -0.25) is 14.4 Å². The molecule has 1 aliphatic heterocycles. The van der Waals surface area contributed by atoms with Crippen LogP contribution < -0.4 is 0 Å². The van der Waals surface area contributed by atoms with Crippen molar-refractivity contribution in [2.45, 2.75) is 250 Å². The average Bonchev–Trinajstić information content (AvgIpc) is 3.46. The van der Waals surface area contributed by atoms with Gasteiger partial charge in [0.2, 0.25) is 0 Å². The molecule has 0 aromatic carbocycles. The van der Waals surface area contributed by atoms with Gasteiger partial charge >= 0.3 is 23.9 Å². The Morgan fingerprint density at radius 3 is 1.18 bits per heavy atom. The first kappa shape index (κ1) is 77.1. The quantitative estimate of drug-likeness (QED) is 0.0228. The van der Waals surface area contributed by atoms with Crippen molar-refractivity contribution in [2.75, 3.05) is 13.2 Å². The number of aliphatic hydroxyl groups is 2. The van der Waals surface area contributed by atoms with Crippen molar-refractivity contribution in [2.24, 2.45) is 0 Å². The summed E-state index contributed by atoms with van der Waals surface area (Å²) in [6.45, 7) is 5.60. The summed E-state index contributed by atoms with van der Waals surface area (Å²) in [5, 5.41) is 31.6. The topological polar surface area (TPSA) is 175 Å². The molecule has 0 bridgehead atoms. The second-order valence-corrected chi connectivity index (χ2v) is 20.9. The highest BCUT2D eigenvalue weighted by atomic mass is 16.7. The van der Waals surface area contributed by atoms with Crippen LogP contribution in [0.3, 0.4) is 0 Å². The van der Waals surface area contributed by atoms with Crippen LogP contribution in [-0.2, 0) is 42.9 Å². The molecule has 0 aliphatic carbocycles. The maximum Gasteiger partial charge on any atom is 0.335 e. The predicted octanol–water partition coefficient (Wildman–Crippen LogP) is 17.5. The molecule has 12 nitrogen and oxygen atoms in total. The van der Waals surface area contributed by atoms with E-state index in [2.05, 4.69) is 167 Å². The normalized spacial score (nSPS) is 18.6. The second-order valence-electron chi connectivity index (χ2n) is 20.9. The smallest absolute Gasteiger partial charge is 0.335 e. The molecule has 6 unspecified atom stereocenters. The molecule has 474 valence electrons. The number of carboxylic acids is 1. The molecule has 0 saturated carbocycles. The van der Waals surface area contributed by atoms with Gasteiger partial charge in [-0.15, -0.1) is 0 Å². The predicted molar refractivity (Wildman–Crippen MR) is 348 cm³/mol. The lowest BCUT2D eigenvalue weighted by molar-refractivity contribution is -0.301. The number of hydrogen-bond acceptors (Lipinski definition) is 11. The molecule has 85 heavy (non-hydrogen) atoms. The van der Waals surface area contributed by atoms with Crippen LogP contribution in [-0.4, -0.2) is 89.2 Å². The number of carboxylic acid groups (broad SMARTS) is 1. The third kappa shape index (κ3) is 48.0. The zero-order valence-corrected chi connectivity index (χ0v) is 52.3. The van der Waals surface area contributed by atoms with Gasteiger partial charge in [-0.05, 0) is 128 Å². The van der Waals surface area contributed by atoms with Crippen molar-refractivity contribution in [3.63, 3.8) is 0 Å². The summed E-state index contributed by atoms with van der Waals surface area (Å²) < 4.78 is 28.3. The minimum absolute atomic E-state index is 0.0105. The number of hydrogen-bond donors (Lipinski definition) is 3. The first-order valence-corrected chi connectivity index (χ1v) is 32.1. The highest BCUT2D eigenvalue weighted by Gasteiger charge is 2.50. The zero-order valence-electron chi connectivity index (χ0n) is 52.3. The van der Waals surface area contributed by atoms with Crippen LogP contribution in [0, 0.1) is 0 Å². The highest BCUT2D eigenvalue weighted by Crippen LogP contribution is 2.26. The van der Waals surface area contributed by atoms with Gasteiger partial charge in [-0.25, -0.2) is 4.79 Å². The number of unbranched alkanes of at least 4 members (excludes halogenated alkanes) is 10. The molecule has 0 radical (unpaired) electrons. The van der Waals surface area contributed by atoms with Gasteiger partial charge in [-0.1, -0.05) is 236 Å². The Labute approximate surface area is 513 Å². The fraction of sp³-hybridized carbons (Fsp3) is 0.562. The summed E-state index contributed by atoms with van der Waals surface area (Å²) in [5.74, 6) is -3.38. The maximum atomic E-state index is 13.2. The molecule has 0 spiro atoms. The molecule has 1 rings (SSSR count). The van der Waals surface area contributed by atoms with E-state index in [4.69, 9.17) is 23.7 Å². The molecule has 0 aromatic rings. The molecule has 1 aliphatic rings. The Balaban J connectivity index is 2.79. The number of rotatable bonds is 52. The SMILES string of the molecule is CC/C=C\C/C=C\C/C=C\C/C=C\C/C=C\C/C=C\CCC(=O)OCC(COC1OC(C(=O)O)C(O)C(O)C1OC(=O)CCCCCCCCC/C=C\C/C=C\CCCCC)OC(=O)CC/C=C\C/C=C\C/C=C\C/C=C\C/C=C\C/C=C\CC. The molecule has 6 atom stereocenters. The summed E-state index contributed by atoms with van der Waals surface area (Å²) in [7, 11) is 0. The van der Waals surface area contributed by atoms with Crippen molar-refractivity contribution < 1.29 is 58.2 Å². The Morgan fingerprint density at radius 2 is 0.765 bits per heavy atom. The van der Waals surface area contributed by atoms with E-state index >= 15 is 0 Å². The van der Waals surface area contributed by atoms with E-state index in [-0.39, 0.29) is 19.3 Å². The van der Waals surface area contributed by atoms with E-state index in [1.165, 1.54) is 19.3 Å². The van der Waals surface area contributed by atoms with Crippen molar-refractivity contribution >= 4 is 23.9 Å². The minimum Gasteiger partial charge on any atom is -0.479 e. The van der Waals surface area contributed by atoms with Crippen molar-refractivity contribution in [1.29, 1.82) is 0 Å². The third-order valence-electron chi connectivity index (χ3n) is 13.3. The van der Waals surface area contributed by atoms with E-state index in [1.807, 2.05) is 24.3 Å². The first-order valence-electron chi connectivity index (χ1n) is 32.1. The van der Waals surface area contributed by atoms with Gasteiger partial charge < -0.3 is 39.0 Å². The number of aliphatic carboxylic acids is 1. The molecular formula is C73H110O12. The molecule has 3 N–H and O–H groups in total. The van der Waals surface area contributed by atoms with Gasteiger partial charge in [0.15, 0.2) is 24.6 Å². The third-order valence-corrected chi connectivity index (χ3v) is 13.3. The van der Waals surface area contributed by atoms with Crippen LogP contribution in [0.2, 0.25) is 0 Å². The number of carbonyl (C=O) groups is 4. The lowest BCUT2D eigenvalue weighted by Gasteiger charge is -2.40. The Kier molecular flexibility index (Phi) is 53.0. The van der Waals surface area contributed by atoms with Crippen molar-refractivity contribution in [1.82, 2.24) is 0 Å². The summed E-state index contributed by atoms with van der Waals surface area (Å²) in [6, 6.07) is 0. The van der Waals surface area contributed by atoms with Crippen LogP contribution in [0.25, 0.3) is 0 Å². The number of carbonyl (C=O) groups excluding carboxylic acids is 3. The second kappa shape index (κ2) is 58.5. The summed E-state index contributed by atoms with van der Waals surface area (Å²) >= 11 is 0. The molecule has 0 amide bonds. The van der Waals surface area contributed by atoms with Gasteiger partial charge in [0.1, 0.15) is 18.8 Å². The Bertz CT molecular complexity index is 2130. The molecule has 0 aromatic heterocycles. The monoisotopic (exact) mass is 1180 g/mol. The molecule has 1 saturated heterocycles. The molecule has 1 fully saturated rings. The van der Waals surface area contributed by atoms with E-state index in [0.717, 1.165) is 122 Å².